The van der Waals surface area contributed by atoms with Gasteiger partial charge in [-0.25, -0.2) is 9.97 Å². The van der Waals surface area contributed by atoms with Crippen molar-refractivity contribution in [2.24, 2.45) is 0 Å². The molecule has 120 valence electrons. The molecule has 2 atom stereocenters. The molecule has 0 saturated carbocycles. The number of aromatic nitrogens is 4. The summed E-state index contributed by atoms with van der Waals surface area (Å²) in [4.78, 5) is 12.7. The Morgan fingerprint density at radius 1 is 1.26 bits per heavy atom. The van der Waals surface area contributed by atoms with E-state index in [-0.39, 0.29) is 0 Å². The summed E-state index contributed by atoms with van der Waals surface area (Å²) in [5, 5.41) is 4.76. The molecule has 2 aliphatic rings. The quantitative estimate of drug-likeness (QED) is 0.763. The largest absolute Gasteiger partial charge is 0.379 e. The van der Waals surface area contributed by atoms with Crippen molar-refractivity contribution in [3.8, 4) is 0 Å². The highest BCUT2D eigenvalue weighted by Crippen LogP contribution is 2.34. The maximum atomic E-state index is 5.77. The van der Waals surface area contributed by atoms with Crippen molar-refractivity contribution >= 4 is 22.1 Å². The van der Waals surface area contributed by atoms with Crippen LogP contribution in [-0.4, -0.2) is 39.3 Å². The second-order valence-electron chi connectivity index (χ2n) is 6.59. The van der Waals surface area contributed by atoms with E-state index in [0.717, 1.165) is 61.4 Å². The Kier molecular flexibility index (Phi) is 3.12. The number of rotatable bonds is 2. The van der Waals surface area contributed by atoms with Crippen LogP contribution >= 0.6 is 0 Å². The van der Waals surface area contributed by atoms with Crippen molar-refractivity contribution < 1.29 is 4.74 Å². The van der Waals surface area contributed by atoms with Crippen molar-refractivity contribution in [3.63, 3.8) is 0 Å². The third kappa shape index (κ3) is 2.09. The predicted molar refractivity (Wildman–Crippen MR) is 88.5 cm³/mol. The molecule has 5 rings (SSSR count). The molecule has 23 heavy (non-hydrogen) atoms. The van der Waals surface area contributed by atoms with E-state index in [2.05, 4.69) is 25.9 Å². The van der Waals surface area contributed by atoms with E-state index in [1.54, 1.807) is 0 Å². The number of imidazole rings is 1. The number of hydrogen-bond donors (Lipinski definition) is 2. The summed E-state index contributed by atoms with van der Waals surface area (Å²) in [7, 11) is 0. The number of aromatic amines is 1. The van der Waals surface area contributed by atoms with Gasteiger partial charge in [0.25, 0.3) is 0 Å². The van der Waals surface area contributed by atoms with Crippen LogP contribution in [0.1, 0.15) is 43.6 Å². The first kappa shape index (κ1) is 13.5. The number of fused-ring (bicyclic) bond motifs is 3. The zero-order valence-electron chi connectivity index (χ0n) is 13.1. The van der Waals surface area contributed by atoms with Crippen LogP contribution in [0.4, 0.5) is 0 Å². The average molecular weight is 311 g/mol. The molecule has 0 aromatic carbocycles. The number of H-pyrrole nitrogens is 1. The zero-order valence-corrected chi connectivity index (χ0v) is 13.1. The molecule has 3 aromatic rings. The van der Waals surface area contributed by atoms with E-state index in [0.29, 0.717) is 12.1 Å². The molecule has 2 fully saturated rings. The second-order valence-corrected chi connectivity index (χ2v) is 6.59. The minimum Gasteiger partial charge on any atom is -0.379 e. The fourth-order valence-corrected chi connectivity index (χ4v) is 4.06. The highest BCUT2D eigenvalue weighted by Gasteiger charge is 2.29. The lowest BCUT2D eigenvalue weighted by Gasteiger charge is -2.27. The van der Waals surface area contributed by atoms with E-state index in [1.165, 1.54) is 11.9 Å². The van der Waals surface area contributed by atoms with Crippen LogP contribution in [0.25, 0.3) is 22.1 Å². The van der Waals surface area contributed by atoms with Gasteiger partial charge in [0.2, 0.25) is 0 Å². The van der Waals surface area contributed by atoms with Gasteiger partial charge in [0.1, 0.15) is 17.0 Å². The fraction of sp³-hybridized carbons (Fsp3) is 0.529. The van der Waals surface area contributed by atoms with Crippen molar-refractivity contribution in [2.75, 3.05) is 19.8 Å². The number of nitrogens with zero attached hydrogens (tertiary/aromatic N) is 3. The lowest BCUT2D eigenvalue weighted by atomic mass is 10.1. The molecule has 5 heterocycles. The Hall–Kier alpha value is -1.92. The van der Waals surface area contributed by atoms with Gasteiger partial charge in [-0.15, -0.1) is 0 Å². The molecule has 6 nitrogen and oxygen atoms in total. The van der Waals surface area contributed by atoms with Crippen molar-refractivity contribution in [3.05, 3.63) is 24.3 Å². The first-order valence-electron chi connectivity index (χ1n) is 8.57. The summed E-state index contributed by atoms with van der Waals surface area (Å²) in [6.07, 6.45) is 8.49. The lowest BCUT2D eigenvalue weighted by molar-refractivity contribution is 0.0591. The van der Waals surface area contributed by atoms with Gasteiger partial charge < -0.3 is 19.6 Å². The summed E-state index contributed by atoms with van der Waals surface area (Å²) < 4.78 is 8.21. The van der Waals surface area contributed by atoms with Crippen molar-refractivity contribution in [2.45, 2.75) is 37.8 Å². The van der Waals surface area contributed by atoms with E-state index >= 15 is 0 Å². The van der Waals surface area contributed by atoms with E-state index < -0.39 is 0 Å². The molecule has 0 aliphatic carbocycles. The molecule has 2 N–H and O–H groups in total. The van der Waals surface area contributed by atoms with Gasteiger partial charge in [0.05, 0.1) is 30.4 Å². The number of nitrogens with one attached hydrogen (secondary N) is 2. The summed E-state index contributed by atoms with van der Waals surface area (Å²) in [6.45, 7) is 2.73. The molecule has 0 radical (unpaired) electrons. The van der Waals surface area contributed by atoms with Crippen LogP contribution in [0.5, 0.6) is 0 Å². The topological polar surface area (TPSA) is 67.8 Å². The van der Waals surface area contributed by atoms with Gasteiger partial charge in [0, 0.05) is 18.2 Å². The summed E-state index contributed by atoms with van der Waals surface area (Å²) in [5.74, 6) is 1.16. The SMILES string of the molecule is c1cc2c(ncc3nc([C@@H]4CCCN4)n([C@H]4CCCOC4)c32)[nH]1. The standard InChI is InChI=1S/C17H21N5O/c1-4-13(18-6-1)17-21-14-9-20-16-12(5-7-19-16)15(14)22(17)11-3-2-8-23-10-11/h5,7,9,11,13,18H,1-4,6,8,10H2,(H,19,20)/t11-,13-/m0/s1. The zero-order chi connectivity index (χ0) is 15.2. The van der Waals surface area contributed by atoms with Gasteiger partial charge in [-0.2, -0.15) is 0 Å². The summed E-state index contributed by atoms with van der Waals surface area (Å²) >= 11 is 0. The third-order valence-corrected chi connectivity index (χ3v) is 5.13. The molecule has 0 bridgehead atoms. The highest BCUT2D eigenvalue weighted by atomic mass is 16.5. The first-order valence-corrected chi connectivity index (χ1v) is 8.57. The highest BCUT2D eigenvalue weighted by molar-refractivity contribution is 6.01. The fourth-order valence-electron chi connectivity index (χ4n) is 4.06. The molecule has 0 amide bonds. The van der Waals surface area contributed by atoms with Gasteiger partial charge in [-0.3, -0.25) is 0 Å². The Morgan fingerprint density at radius 2 is 2.26 bits per heavy atom. The van der Waals surface area contributed by atoms with Crippen molar-refractivity contribution in [1.29, 1.82) is 0 Å². The monoisotopic (exact) mass is 311 g/mol. The molecule has 2 saturated heterocycles. The maximum Gasteiger partial charge on any atom is 0.139 e. The third-order valence-electron chi connectivity index (χ3n) is 5.13. The predicted octanol–water partition coefficient (Wildman–Crippen LogP) is 2.69. The lowest BCUT2D eigenvalue weighted by Crippen LogP contribution is -2.26. The second kappa shape index (κ2) is 5.32. The van der Waals surface area contributed by atoms with Gasteiger partial charge >= 0.3 is 0 Å². The van der Waals surface area contributed by atoms with Crippen molar-refractivity contribution in [1.82, 2.24) is 24.8 Å². The normalized spacial score (nSPS) is 25.6. The van der Waals surface area contributed by atoms with Crippen LogP contribution in [0.2, 0.25) is 0 Å². The van der Waals surface area contributed by atoms with Crippen LogP contribution < -0.4 is 5.32 Å². The van der Waals surface area contributed by atoms with E-state index in [1.807, 2.05) is 12.4 Å². The maximum absolute atomic E-state index is 5.77. The number of ether oxygens (including phenoxy) is 1. The molecule has 6 heteroatoms. The van der Waals surface area contributed by atoms with Gasteiger partial charge in [0.15, 0.2) is 0 Å². The number of pyridine rings is 1. The molecule has 0 unspecified atom stereocenters. The van der Waals surface area contributed by atoms with Crippen LogP contribution in [0.15, 0.2) is 18.5 Å². The van der Waals surface area contributed by atoms with Crippen LogP contribution in [-0.2, 0) is 4.74 Å². The van der Waals surface area contributed by atoms with Gasteiger partial charge in [-0.1, -0.05) is 0 Å². The Balaban J connectivity index is 1.77. The van der Waals surface area contributed by atoms with Crippen LogP contribution in [0, 0.1) is 0 Å². The summed E-state index contributed by atoms with van der Waals surface area (Å²) in [6, 6.07) is 2.82. The Morgan fingerprint density at radius 3 is 3.09 bits per heavy atom. The van der Waals surface area contributed by atoms with E-state index in [9.17, 15) is 0 Å². The molecule has 0 spiro atoms. The van der Waals surface area contributed by atoms with E-state index in [4.69, 9.17) is 9.72 Å². The number of hydrogen-bond acceptors (Lipinski definition) is 4. The van der Waals surface area contributed by atoms with Crippen LogP contribution in [0.3, 0.4) is 0 Å². The molecular formula is C17H21N5O. The van der Waals surface area contributed by atoms with Gasteiger partial charge in [-0.05, 0) is 38.3 Å². The average Bonchev–Trinajstić information content (AvgIpc) is 3.32. The minimum atomic E-state index is 0.346. The minimum absolute atomic E-state index is 0.346. The molecule has 3 aromatic heterocycles. The summed E-state index contributed by atoms with van der Waals surface area (Å²) in [5.41, 5.74) is 3.13. The Bertz CT molecular complexity index is 839. The molecule has 2 aliphatic heterocycles. The smallest absolute Gasteiger partial charge is 0.139 e. The Labute approximate surface area is 134 Å². The molecular weight excluding hydrogens is 290 g/mol. The first-order chi connectivity index (χ1) is 11.4.